The average Bonchev–Trinajstić information content (AvgIpc) is 2.57. The molecule has 28 heavy (non-hydrogen) atoms. The van der Waals surface area contributed by atoms with Crippen molar-refractivity contribution in [1.29, 1.82) is 0 Å². The monoisotopic (exact) mass is 427 g/mol. The Morgan fingerprint density at radius 1 is 0.857 bits per heavy atom. The Balaban J connectivity index is 0. The average molecular weight is 428 g/mol. The predicted molar refractivity (Wildman–Crippen MR) is 120 cm³/mol. The first kappa shape index (κ1) is 30.3. The summed E-state index contributed by atoms with van der Waals surface area (Å²) >= 11 is 0. The van der Waals surface area contributed by atoms with Crippen LogP contribution in [0.15, 0.2) is 12.2 Å². The van der Waals surface area contributed by atoms with Crippen LogP contribution in [0.25, 0.3) is 0 Å². The summed E-state index contributed by atoms with van der Waals surface area (Å²) in [6.45, 7) is 4.80. The van der Waals surface area contributed by atoms with Crippen molar-refractivity contribution in [2.75, 3.05) is 0 Å². The van der Waals surface area contributed by atoms with Crippen molar-refractivity contribution in [2.24, 2.45) is 0 Å². The number of hydrogen-bond acceptors (Lipinski definition) is 3. The van der Waals surface area contributed by atoms with Crippen LogP contribution in [0.2, 0.25) is 0 Å². The molecule has 0 fully saturated rings. The first-order chi connectivity index (χ1) is 12.7. The van der Waals surface area contributed by atoms with Crippen LogP contribution >= 0.6 is 0 Å². The molecule has 0 atom stereocenters. The summed E-state index contributed by atoms with van der Waals surface area (Å²) in [7, 11) is -4.30. The van der Waals surface area contributed by atoms with Gasteiger partial charge in [-0.1, -0.05) is 70.4 Å². The number of hydrogen-bond donors (Lipinski definition) is 2. The van der Waals surface area contributed by atoms with Crippen LogP contribution in [0.1, 0.15) is 111 Å². The summed E-state index contributed by atoms with van der Waals surface area (Å²) in [6.07, 6.45) is 20.4. The summed E-state index contributed by atoms with van der Waals surface area (Å²) < 4.78 is 31.3. The number of carbonyl (C=O) groups excluding carboxylic acids is 1. The van der Waals surface area contributed by atoms with Crippen molar-refractivity contribution in [3.05, 3.63) is 12.2 Å². The Kier molecular flexibility index (Phi) is 19.4. The number of rotatable bonds is 17. The molecule has 0 saturated heterocycles. The second-order valence-electron chi connectivity index (χ2n) is 7.87. The van der Waals surface area contributed by atoms with Gasteiger partial charge in [-0.2, -0.15) is 8.42 Å². The van der Waals surface area contributed by atoms with E-state index in [0.717, 1.165) is 32.1 Å². The Bertz CT molecular complexity index is 518. The summed E-state index contributed by atoms with van der Waals surface area (Å²) in [4.78, 5) is 10.1. The van der Waals surface area contributed by atoms with Crippen LogP contribution in [0.4, 0.5) is 0 Å². The third-order valence-electron chi connectivity index (χ3n) is 4.75. The minimum atomic E-state index is -4.30. The molecule has 0 aromatic rings. The summed E-state index contributed by atoms with van der Waals surface area (Å²) in [5.41, 5.74) is 0. The fraction of sp³-hybridized carbons (Fsp3) is 0.857. The van der Waals surface area contributed by atoms with Crippen LogP contribution in [0, 0.1) is 0 Å². The molecule has 0 aliphatic carbocycles. The zero-order valence-electron chi connectivity index (χ0n) is 17.6. The van der Waals surface area contributed by atoms with Crippen LogP contribution in [0.5, 0.6) is 0 Å². The maximum atomic E-state index is 11.7. The van der Waals surface area contributed by atoms with Crippen LogP contribution in [-0.2, 0) is 14.9 Å². The predicted octanol–water partition coefficient (Wildman–Crippen LogP) is 5.12. The molecule has 0 aliphatic rings. The Hall–Kier alpha value is 0.120. The molecule has 0 heterocycles. The van der Waals surface area contributed by atoms with Gasteiger partial charge in [-0.25, -0.2) is 0 Å². The number of nitrogens with one attached hydrogen (secondary N) is 1. The van der Waals surface area contributed by atoms with Crippen molar-refractivity contribution in [3.63, 3.8) is 0 Å². The zero-order valence-corrected chi connectivity index (χ0v) is 18.5. The van der Waals surface area contributed by atoms with E-state index < -0.39 is 15.0 Å². The van der Waals surface area contributed by atoms with E-state index >= 15 is 0 Å². The Morgan fingerprint density at radius 3 is 1.75 bits per heavy atom. The molecule has 2 N–H and O–H groups in total. The quantitative estimate of drug-likeness (QED) is 0.146. The molecule has 0 radical (unpaired) electrons. The van der Waals surface area contributed by atoms with Gasteiger partial charge in [0, 0.05) is 6.42 Å². The molecule has 0 aromatic carbocycles. The van der Waals surface area contributed by atoms with Crippen molar-refractivity contribution in [3.8, 4) is 0 Å². The van der Waals surface area contributed by atoms with E-state index in [0.29, 0.717) is 0 Å². The number of carbonyl (C=O) groups is 1. The number of unbranched alkanes of at least 4 members (excludes halogenated alkanes) is 11. The van der Waals surface area contributed by atoms with Crippen LogP contribution in [0.3, 0.4) is 0 Å². The van der Waals surface area contributed by atoms with Gasteiger partial charge in [0.2, 0.25) is 5.91 Å². The van der Waals surface area contributed by atoms with Gasteiger partial charge in [0.1, 0.15) is 0 Å². The first-order valence-electron chi connectivity index (χ1n) is 10.6. The number of amides is 1. The molecule has 0 rings (SSSR count). The third kappa shape index (κ3) is 17.0. The molecule has 0 spiro atoms. The van der Waals surface area contributed by atoms with Crippen molar-refractivity contribution in [2.45, 2.75) is 116 Å². The van der Waals surface area contributed by atoms with E-state index in [2.05, 4.69) is 24.4 Å². The molecule has 0 aromatic heterocycles. The molecule has 1 amide bonds. The fourth-order valence-corrected chi connectivity index (χ4v) is 3.06. The van der Waals surface area contributed by atoms with E-state index in [-0.39, 0.29) is 41.9 Å². The van der Waals surface area contributed by atoms with Gasteiger partial charge in [0.05, 0.1) is 0 Å². The SMILES string of the molecule is CCCCCCCC/C=C\CCCCCCCC(=O)NC(C)(C)S(=O)(=O)O.[NaH]. The molecule has 0 saturated carbocycles. The topological polar surface area (TPSA) is 83.5 Å². The van der Waals surface area contributed by atoms with Crippen LogP contribution in [-0.4, -0.2) is 53.3 Å². The standard InChI is InChI=1S/C21H41NO4S.Na.H/c1-4-5-6-7-8-9-10-11-12-13-14-15-16-17-18-19-20(23)22-21(2,3)27(24,25)26;;/h11-12H,4-10,13-19H2,1-3H3,(H,22,23)(H,24,25,26);;/b12-11-;;. The van der Waals surface area contributed by atoms with E-state index in [1.807, 2.05) is 0 Å². The van der Waals surface area contributed by atoms with E-state index in [1.165, 1.54) is 65.2 Å². The molecular formula is C21H42NNaO4S. The van der Waals surface area contributed by atoms with E-state index in [1.54, 1.807) is 0 Å². The van der Waals surface area contributed by atoms with E-state index in [9.17, 15) is 13.2 Å². The van der Waals surface area contributed by atoms with Gasteiger partial charge in [-0.05, 0) is 46.0 Å². The zero-order chi connectivity index (χ0) is 20.6. The third-order valence-corrected chi connectivity index (χ3v) is 6.14. The second kappa shape index (κ2) is 17.9. The van der Waals surface area contributed by atoms with Gasteiger partial charge in [-0.15, -0.1) is 0 Å². The minimum absolute atomic E-state index is 0. The molecule has 5 nitrogen and oxygen atoms in total. The summed E-state index contributed by atoms with van der Waals surface area (Å²) in [6, 6.07) is 0. The summed E-state index contributed by atoms with van der Waals surface area (Å²) in [5.74, 6) is -0.338. The molecule has 0 unspecified atom stereocenters. The van der Waals surface area contributed by atoms with Crippen molar-refractivity contribution in [1.82, 2.24) is 5.32 Å². The number of allylic oxidation sites excluding steroid dienone is 2. The second-order valence-corrected chi connectivity index (χ2v) is 9.84. The summed E-state index contributed by atoms with van der Waals surface area (Å²) in [5, 5.41) is 2.36. The van der Waals surface area contributed by atoms with Crippen molar-refractivity contribution >= 4 is 45.6 Å². The maximum absolute atomic E-state index is 11.7. The van der Waals surface area contributed by atoms with Gasteiger partial charge >= 0.3 is 29.6 Å². The molecule has 0 aliphatic heterocycles. The van der Waals surface area contributed by atoms with Gasteiger partial charge in [0.15, 0.2) is 4.87 Å². The Morgan fingerprint density at radius 2 is 1.29 bits per heavy atom. The molecular weight excluding hydrogens is 385 g/mol. The molecule has 162 valence electrons. The fourth-order valence-electron chi connectivity index (χ4n) is 2.82. The molecule has 0 bridgehead atoms. The molecule has 7 heteroatoms. The first-order valence-corrected chi connectivity index (χ1v) is 12.1. The van der Waals surface area contributed by atoms with Gasteiger partial charge in [-0.3, -0.25) is 9.35 Å². The van der Waals surface area contributed by atoms with Gasteiger partial charge in [0.25, 0.3) is 10.1 Å². The normalized spacial score (nSPS) is 12.1. The van der Waals surface area contributed by atoms with E-state index in [4.69, 9.17) is 4.55 Å². The Labute approximate surface area is 195 Å². The van der Waals surface area contributed by atoms with Crippen LogP contribution < -0.4 is 5.32 Å². The van der Waals surface area contributed by atoms with Crippen molar-refractivity contribution < 1.29 is 17.8 Å². The van der Waals surface area contributed by atoms with Gasteiger partial charge < -0.3 is 5.32 Å².